The predicted molar refractivity (Wildman–Crippen MR) is 81.3 cm³/mol. The van der Waals surface area contributed by atoms with E-state index >= 15 is 0 Å². The van der Waals surface area contributed by atoms with Gasteiger partial charge >= 0.3 is 0 Å². The zero-order valence-corrected chi connectivity index (χ0v) is 12.3. The Morgan fingerprint density at radius 3 is 1.95 bits per heavy atom. The molecule has 0 amide bonds. The first-order valence-corrected chi connectivity index (χ1v) is 6.87. The van der Waals surface area contributed by atoms with E-state index in [1.165, 1.54) is 25.8 Å². The lowest BCUT2D eigenvalue weighted by Crippen LogP contribution is -1.96. The van der Waals surface area contributed by atoms with Gasteiger partial charge in [-0.25, -0.2) is 0 Å². The molecule has 2 rings (SSSR count). The average molecular weight is 288 g/mol. The molecular weight excluding hydrogens is 268 g/mol. The minimum Gasteiger partial charge on any atom is -0.504 e. The second-order valence-corrected chi connectivity index (χ2v) is 4.80. The standard InChI is InChI=1S/C17H20O4/c1-20-14-11-15(21-2)17(19)13(16(14)18)10-6-9-12-7-4-3-5-8-12/h3-5,7-8,11,18-19H,6,9-10H2,1-2H3. The first kappa shape index (κ1) is 15.0. The highest BCUT2D eigenvalue weighted by Crippen LogP contribution is 2.43. The van der Waals surface area contributed by atoms with Gasteiger partial charge in [-0.05, 0) is 24.8 Å². The van der Waals surface area contributed by atoms with Gasteiger partial charge in [0.25, 0.3) is 0 Å². The lowest BCUT2D eigenvalue weighted by atomic mass is 10.0. The fourth-order valence-corrected chi connectivity index (χ4v) is 2.33. The van der Waals surface area contributed by atoms with Crippen LogP contribution in [0.5, 0.6) is 23.0 Å². The molecule has 4 nitrogen and oxygen atoms in total. The molecule has 2 aromatic rings. The SMILES string of the molecule is COc1cc(OC)c(O)c(CCCc2ccccc2)c1O. The molecule has 0 aliphatic carbocycles. The Morgan fingerprint density at radius 2 is 1.43 bits per heavy atom. The van der Waals surface area contributed by atoms with Crippen molar-refractivity contribution in [3.8, 4) is 23.0 Å². The fraction of sp³-hybridized carbons (Fsp3) is 0.294. The Hall–Kier alpha value is -2.36. The van der Waals surface area contributed by atoms with Gasteiger partial charge in [-0.3, -0.25) is 0 Å². The van der Waals surface area contributed by atoms with Gasteiger partial charge in [-0.15, -0.1) is 0 Å². The van der Waals surface area contributed by atoms with E-state index in [0.717, 1.165) is 12.8 Å². The molecule has 2 N–H and O–H groups in total. The molecule has 0 spiro atoms. The summed E-state index contributed by atoms with van der Waals surface area (Å²) in [4.78, 5) is 0. The van der Waals surface area contributed by atoms with Crippen LogP contribution in [0.4, 0.5) is 0 Å². The first-order chi connectivity index (χ1) is 10.2. The van der Waals surface area contributed by atoms with Gasteiger partial charge in [0.15, 0.2) is 23.0 Å². The van der Waals surface area contributed by atoms with Crippen LogP contribution in [-0.4, -0.2) is 24.4 Å². The lowest BCUT2D eigenvalue weighted by molar-refractivity contribution is 0.341. The maximum atomic E-state index is 10.1. The number of aryl methyl sites for hydroxylation is 1. The number of rotatable bonds is 6. The summed E-state index contributed by atoms with van der Waals surface area (Å²) in [6.07, 6.45) is 2.22. The lowest BCUT2D eigenvalue weighted by Gasteiger charge is -2.14. The molecule has 0 saturated carbocycles. The zero-order chi connectivity index (χ0) is 15.2. The molecule has 0 aliphatic heterocycles. The minimum absolute atomic E-state index is 0.0242. The van der Waals surface area contributed by atoms with Crippen molar-refractivity contribution in [1.29, 1.82) is 0 Å². The topological polar surface area (TPSA) is 58.9 Å². The van der Waals surface area contributed by atoms with E-state index in [1.54, 1.807) is 0 Å². The highest BCUT2D eigenvalue weighted by atomic mass is 16.5. The molecule has 2 aromatic carbocycles. The van der Waals surface area contributed by atoms with Crippen LogP contribution in [0, 0.1) is 0 Å². The molecule has 0 radical (unpaired) electrons. The summed E-state index contributed by atoms with van der Waals surface area (Å²) in [5, 5.41) is 20.3. The number of benzene rings is 2. The van der Waals surface area contributed by atoms with Gasteiger partial charge in [0.05, 0.1) is 14.2 Å². The van der Waals surface area contributed by atoms with Gasteiger partial charge in [-0.2, -0.15) is 0 Å². The number of methoxy groups -OCH3 is 2. The van der Waals surface area contributed by atoms with Crippen LogP contribution in [0.15, 0.2) is 36.4 Å². The molecule has 0 bridgehead atoms. The van der Waals surface area contributed by atoms with E-state index in [2.05, 4.69) is 12.1 Å². The van der Waals surface area contributed by atoms with Crippen molar-refractivity contribution in [2.75, 3.05) is 14.2 Å². The minimum atomic E-state index is -0.0242. The quantitative estimate of drug-likeness (QED) is 0.856. The maximum Gasteiger partial charge on any atom is 0.164 e. The number of ether oxygens (including phenoxy) is 2. The largest absolute Gasteiger partial charge is 0.504 e. The first-order valence-electron chi connectivity index (χ1n) is 6.87. The van der Waals surface area contributed by atoms with Crippen LogP contribution in [0.3, 0.4) is 0 Å². The molecular formula is C17H20O4. The Balaban J connectivity index is 2.15. The molecule has 21 heavy (non-hydrogen) atoms. The van der Waals surface area contributed by atoms with Gasteiger partial charge in [0.1, 0.15) is 0 Å². The van der Waals surface area contributed by atoms with Crippen molar-refractivity contribution in [3.63, 3.8) is 0 Å². The second-order valence-electron chi connectivity index (χ2n) is 4.80. The Labute approximate surface area is 124 Å². The summed E-state index contributed by atoms with van der Waals surface area (Å²) in [5.41, 5.74) is 1.69. The molecule has 0 unspecified atom stereocenters. The maximum absolute atomic E-state index is 10.1. The molecule has 0 fully saturated rings. The third-order valence-corrected chi connectivity index (χ3v) is 3.48. The highest BCUT2D eigenvalue weighted by Gasteiger charge is 2.18. The monoisotopic (exact) mass is 288 g/mol. The summed E-state index contributed by atoms with van der Waals surface area (Å²) in [6, 6.07) is 11.6. The molecule has 112 valence electrons. The second kappa shape index (κ2) is 6.88. The normalized spacial score (nSPS) is 10.4. The number of hydrogen-bond donors (Lipinski definition) is 2. The number of phenols is 2. The Morgan fingerprint density at radius 1 is 0.857 bits per heavy atom. The van der Waals surface area contributed by atoms with Gasteiger partial charge in [0.2, 0.25) is 0 Å². The highest BCUT2D eigenvalue weighted by molar-refractivity contribution is 5.59. The van der Waals surface area contributed by atoms with Crippen LogP contribution < -0.4 is 9.47 Å². The van der Waals surface area contributed by atoms with Gasteiger partial charge in [-0.1, -0.05) is 30.3 Å². The van der Waals surface area contributed by atoms with E-state index in [-0.39, 0.29) is 11.5 Å². The van der Waals surface area contributed by atoms with E-state index in [1.807, 2.05) is 18.2 Å². The van der Waals surface area contributed by atoms with Crippen LogP contribution in [-0.2, 0) is 12.8 Å². The Bertz CT molecular complexity index is 565. The van der Waals surface area contributed by atoms with Crippen molar-refractivity contribution in [3.05, 3.63) is 47.5 Å². The van der Waals surface area contributed by atoms with E-state index in [4.69, 9.17) is 9.47 Å². The molecule has 0 aromatic heterocycles. The zero-order valence-electron chi connectivity index (χ0n) is 12.3. The van der Waals surface area contributed by atoms with Crippen LogP contribution in [0.1, 0.15) is 17.5 Å². The van der Waals surface area contributed by atoms with Gasteiger partial charge in [0, 0.05) is 11.6 Å². The molecule has 4 heteroatoms. The number of phenolic OH excluding ortho intramolecular Hbond substituents is 2. The summed E-state index contributed by atoms with van der Waals surface area (Å²) >= 11 is 0. The van der Waals surface area contributed by atoms with Gasteiger partial charge < -0.3 is 19.7 Å². The Kier molecular flexibility index (Phi) is 4.93. The fourth-order valence-electron chi connectivity index (χ4n) is 2.33. The van der Waals surface area contributed by atoms with E-state index in [0.29, 0.717) is 23.5 Å². The molecule has 0 saturated heterocycles. The molecule has 0 atom stereocenters. The summed E-state index contributed by atoms with van der Waals surface area (Å²) in [6.45, 7) is 0. The summed E-state index contributed by atoms with van der Waals surface area (Å²) < 4.78 is 10.2. The predicted octanol–water partition coefficient (Wildman–Crippen LogP) is 3.29. The van der Waals surface area contributed by atoms with E-state index < -0.39 is 0 Å². The van der Waals surface area contributed by atoms with Crippen LogP contribution >= 0.6 is 0 Å². The van der Waals surface area contributed by atoms with E-state index in [9.17, 15) is 10.2 Å². The van der Waals surface area contributed by atoms with Crippen LogP contribution in [0.25, 0.3) is 0 Å². The smallest absolute Gasteiger partial charge is 0.164 e. The third kappa shape index (κ3) is 3.40. The average Bonchev–Trinajstić information content (AvgIpc) is 2.52. The molecule has 0 heterocycles. The third-order valence-electron chi connectivity index (χ3n) is 3.48. The van der Waals surface area contributed by atoms with Crippen molar-refractivity contribution >= 4 is 0 Å². The molecule has 0 aliphatic rings. The van der Waals surface area contributed by atoms with Crippen molar-refractivity contribution in [2.45, 2.75) is 19.3 Å². The summed E-state index contributed by atoms with van der Waals surface area (Å²) in [7, 11) is 2.94. The van der Waals surface area contributed by atoms with Crippen molar-refractivity contribution in [1.82, 2.24) is 0 Å². The number of aromatic hydroxyl groups is 2. The van der Waals surface area contributed by atoms with Crippen LogP contribution in [0.2, 0.25) is 0 Å². The summed E-state index contributed by atoms with van der Waals surface area (Å²) in [5.74, 6) is 0.562. The number of hydrogen-bond acceptors (Lipinski definition) is 4. The van der Waals surface area contributed by atoms with Crippen molar-refractivity contribution < 1.29 is 19.7 Å². The van der Waals surface area contributed by atoms with Crippen molar-refractivity contribution in [2.24, 2.45) is 0 Å².